The number of ketones is 1. The van der Waals surface area contributed by atoms with Gasteiger partial charge in [-0.15, -0.1) is 11.3 Å². The predicted molar refractivity (Wildman–Crippen MR) is 183 cm³/mol. The summed E-state index contributed by atoms with van der Waals surface area (Å²) in [5.74, 6) is -3.20. The largest absolute Gasteiger partial charge is 0.396 e. The molecule has 0 spiro atoms. The zero-order chi connectivity index (χ0) is 33.8. The number of nitrogens with one attached hydrogen (secondary N) is 1. The number of halogens is 2. The maximum absolute atomic E-state index is 14.9. The van der Waals surface area contributed by atoms with Gasteiger partial charge in [0.25, 0.3) is 0 Å². The van der Waals surface area contributed by atoms with Crippen LogP contribution in [0, 0.1) is 23.5 Å². The molecular weight excluding hydrogens is 620 g/mol. The number of fused-ring (bicyclic) bond motifs is 1. The summed E-state index contributed by atoms with van der Waals surface area (Å²) >= 11 is 1.30. The van der Waals surface area contributed by atoms with E-state index in [0.717, 1.165) is 16.0 Å². The second kappa shape index (κ2) is 14.5. The minimum atomic E-state index is -0.852. The Bertz CT molecular complexity index is 1950. The van der Waals surface area contributed by atoms with Crippen LogP contribution < -0.4 is 10.7 Å². The van der Waals surface area contributed by atoms with Gasteiger partial charge in [-0.05, 0) is 48.0 Å². The molecule has 0 saturated carbocycles. The average molecular weight is 658 g/mol. The van der Waals surface area contributed by atoms with Gasteiger partial charge in [-0.1, -0.05) is 69.3 Å². The van der Waals surface area contributed by atoms with Gasteiger partial charge in [-0.3, -0.25) is 19.3 Å². The standard InChI is InChI=1S/C37H37F2N3O4S/c1-22(2)36(46)40-26-15-13-25(14-16-26)35-28(18-41(4)17-24-9-6-5-7-10-24)32-34(45)29(33(44)23(3)21-43)20-42(37(32)47-35)19-27-30(38)11-8-12-31(27)39/h5-16,20,22-23,43H,17-19,21H2,1-4H3,(H,40,46). The Labute approximate surface area is 276 Å². The third kappa shape index (κ3) is 7.40. The van der Waals surface area contributed by atoms with Crippen LogP contribution in [0.5, 0.6) is 0 Å². The number of carbonyl (C=O) groups excluding carboxylic acids is 2. The number of Topliss-reactive ketones (excluding diaryl/α,β-unsaturated/α-hetero) is 1. The lowest BCUT2D eigenvalue weighted by Gasteiger charge is -2.18. The Kier molecular flexibility index (Phi) is 10.4. The molecule has 47 heavy (non-hydrogen) atoms. The summed E-state index contributed by atoms with van der Waals surface area (Å²) in [6, 6.07) is 20.8. The van der Waals surface area contributed by atoms with Gasteiger partial charge in [0.15, 0.2) is 5.78 Å². The molecule has 3 aromatic carbocycles. The van der Waals surface area contributed by atoms with Crippen molar-refractivity contribution >= 4 is 38.9 Å². The van der Waals surface area contributed by atoms with Gasteiger partial charge in [0.05, 0.1) is 24.1 Å². The van der Waals surface area contributed by atoms with E-state index in [9.17, 15) is 28.3 Å². The van der Waals surface area contributed by atoms with Gasteiger partial charge in [0.2, 0.25) is 11.3 Å². The van der Waals surface area contributed by atoms with Crippen molar-refractivity contribution < 1.29 is 23.5 Å². The second-order valence-corrected chi connectivity index (χ2v) is 13.1. The lowest BCUT2D eigenvalue weighted by Crippen LogP contribution is -2.26. The predicted octanol–water partition coefficient (Wildman–Crippen LogP) is 7.09. The van der Waals surface area contributed by atoms with E-state index in [1.807, 2.05) is 63.4 Å². The van der Waals surface area contributed by atoms with Crippen molar-refractivity contribution in [1.29, 1.82) is 0 Å². The summed E-state index contributed by atoms with van der Waals surface area (Å²) in [7, 11) is 1.93. The van der Waals surface area contributed by atoms with Crippen molar-refractivity contribution in [2.75, 3.05) is 19.0 Å². The topological polar surface area (TPSA) is 91.6 Å². The van der Waals surface area contributed by atoms with Crippen LogP contribution >= 0.6 is 11.3 Å². The van der Waals surface area contributed by atoms with E-state index in [1.54, 1.807) is 16.7 Å². The normalized spacial score (nSPS) is 12.2. The summed E-state index contributed by atoms with van der Waals surface area (Å²) < 4.78 is 31.4. The quantitative estimate of drug-likeness (QED) is 0.140. The molecule has 0 aliphatic heterocycles. The average Bonchev–Trinajstić information content (AvgIpc) is 3.43. The third-order valence-corrected chi connectivity index (χ3v) is 9.36. The first-order valence-corrected chi connectivity index (χ1v) is 16.2. The van der Waals surface area contributed by atoms with Gasteiger partial charge in [0.1, 0.15) is 16.5 Å². The maximum Gasteiger partial charge on any atom is 0.226 e. The molecule has 0 radical (unpaired) electrons. The number of thiophene rings is 1. The number of aliphatic hydroxyl groups is 1. The van der Waals surface area contributed by atoms with Crippen LogP contribution in [0.15, 0.2) is 83.8 Å². The number of amides is 1. The van der Waals surface area contributed by atoms with Crippen LogP contribution in [0.2, 0.25) is 0 Å². The highest BCUT2D eigenvalue weighted by Crippen LogP contribution is 2.39. The number of rotatable bonds is 12. The van der Waals surface area contributed by atoms with Crippen molar-refractivity contribution in [3.8, 4) is 10.4 Å². The van der Waals surface area contributed by atoms with Gasteiger partial charge >= 0.3 is 0 Å². The molecule has 0 saturated heterocycles. The lowest BCUT2D eigenvalue weighted by atomic mass is 9.98. The SMILES string of the molecule is CC(C)C(=O)Nc1ccc(-c2sc3c(c2CN(C)Cc2ccccc2)c(=O)c(C(=O)C(C)CO)cn3Cc2c(F)cccc2F)cc1. The fourth-order valence-corrected chi connectivity index (χ4v) is 6.68. The first-order chi connectivity index (χ1) is 22.5. The molecule has 10 heteroatoms. The molecule has 0 aliphatic carbocycles. The fraction of sp³-hybridized carbons (Fsp3) is 0.270. The van der Waals surface area contributed by atoms with Crippen molar-refractivity contribution in [1.82, 2.24) is 9.47 Å². The molecule has 5 rings (SSSR count). The Morgan fingerprint density at radius 1 is 0.915 bits per heavy atom. The molecular formula is C37H37F2N3O4S. The highest BCUT2D eigenvalue weighted by atomic mass is 32.1. The Morgan fingerprint density at radius 3 is 2.19 bits per heavy atom. The number of hydrogen-bond acceptors (Lipinski definition) is 6. The van der Waals surface area contributed by atoms with Gasteiger partial charge in [0, 0.05) is 47.3 Å². The van der Waals surface area contributed by atoms with Crippen molar-refractivity contribution in [2.24, 2.45) is 11.8 Å². The molecule has 2 N–H and O–H groups in total. The Hall–Kier alpha value is -4.51. The molecule has 1 amide bonds. The monoisotopic (exact) mass is 657 g/mol. The maximum atomic E-state index is 14.9. The second-order valence-electron chi connectivity index (χ2n) is 12.1. The smallest absolute Gasteiger partial charge is 0.226 e. The van der Waals surface area contributed by atoms with E-state index in [-0.39, 0.29) is 34.9 Å². The molecule has 7 nitrogen and oxygen atoms in total. The van der Waals surface area contributed by atoms with Crippen LogP contribution in [0.25, 0.3) is 20.7 Å². The molecule has 1 atom stereocenters. The number of anilines is 1. The molecule has 2 heterocycles. The van der Waals surface area contributed by atoms with Crippen molar-refractivity contribution in [3.63, 3.8) is 0 Å². The van der Waals surface area contributed by atoms with Crippen LogP contribution in [-0.4, -0.2) is 39.9 Å². The van der Waals surface area contributed by atoms with E-state index in [0.29, 0.717) is 29.2 Å². The molecule has 5 aromatic rings. The number of aliphatic hydroxyl groups excluding tert-OH is 1. The van der Waals surface area contributed by atoms with E-state index in [2.05, 4.69) is 10.2 Å². The number of pyridine rings is 1. The minimum Gasteiger partial charge on any atom is -0.396 e. The van der Waals surface area contributed by atoms with E-state index in [1.165, 1.54) is 42.7 Å². The van der Waals surface area contributed by atoms with Gasteiger partial charge < -0.3 is 15.0 Å². The summed E-state index contributed by atoms with van der Waals surface area (Å²) in [6.45, 7) is 5.33. The zero-order valence-electron chi connectivity index (χ0n) is 26.7. The van der Waals surface area contributed by atoms with Crippen LogP contribution in [0.4, 0.5) is 14.5 Å². The van der Waals surface area contributed by atoms with E-state index >= 15 is 0 Å². The molecule has 244 valence electrons. The molecule has 0 aliphatic rings. The molecule has 0 bridgehead atoms. The van der Waals surface area contributed by atoms with Crippen LogP contribution in [0.3, 0.4) is 0 Å². The number of aromatic nitrogens is 1. The lowest BCUT2D eigenvalue weighted by molar-refractivity contribution is -0.118. The van der Waals surface area contributed by atoms with Gasteiger partial charge in [-0.2, -0.15) is 0 Å². The summed E-state index contributed by atoms with van der Waals surface area (Å²) in [5.41, 5.74) is 2.28. The highest BCUT2D eigenvalue weighted by molar-refractivity contribution is 7.22. The number of carbonyl (C=O) groups is 2. The molecule has 2 aromatic heterocycles. The number of benzene rings is 3. The van der Waals surface area contributed by atoms with Crippen LogP contribution in [-0.2, 0) is 24.4 Å². The molecule has 1 unspecified atom stereocenters. The number of nitrogens with zero attached hydrogens (tertiary/aromatic N) is 2. The highest BCUT2D eigenvalue weighted by Gasteiger charge is 2.27. The van der Waals surface area contributed by atoms with Crippen molar-refractivity contribution in [3.05, 3.63) is 123 Å². The van der Waals surface area contributed by atoms with Crippen LogP contribution in [0.1, 0.15) is 47.8 Å². The molecule has 0 fully saturated rings. The third-order valence-electron chi connectivity index (χ3n) is 8.05. The Morgan fingerprint density at radius 2 is 1.57 bits per heavy atom. The van der Waals surface area contributed by atoms with E-state index in [4.69, 9.17) is 0 Å². The van der Waals surface area contributed by atoms with Crippen molar-refractivity contribution in [2.45, 2.75) is 40.4 Å². The zero-order valence-corrected chi connectivity index (χ0v) is 27.5. The summed E-state index contributed by atoms with van der Waals surface area (Å²) in [6.07, 6.45) is 1.35. The Balaban J connectivity index is 1.73. The minimum absolute atomic E-state index is 0.116. The van der Waals surface area contributed by atoms with E-state index < -0.39 is 35.4 Å². The first-order valence-electron chi connectivity index (χ1n) is 15.4. The fourth-order valence-electron chi connectivity index (χ4n) is 5.39. The van der Waals surface area contributed by atoms with Gasteiger partial charge in [-0.25, -0.2) is 8.78 Å². The summed E-state index contributed by atoms with van der Waals surface area (Å²) in [5, 5.41) is 12.9. The number of hydrogen-bond donors (Lipinski definition) is 2. The summed E-state index contributed by atoms with van der Waals surface area (Å²) in [4.78, 5) is 43.3. The first kappa shape index (κ1) is 33.8.